The first-order valence-electron chi connectivity index (χ1n) is 8.91. The number of aromatic nitrogens is 1. The molecule has 0 aromatic carbocycles. The minimum atomic E-state index is -3.49. The first kappa shape index (κ1) is 21.5. The largest absolute Gasteiger partial charge is 0.357 e. The van der Waals surface area contributed by atoms with Crippen molar-refractivity contribution in [3.8, 4) is 0 Å². The number of nitrogens with zero attached hydrogens (tertiary/aromatic N) is 3. The van der Waals surface area contributed by atoms with E-state index >= 15 is 0 Å². The van der Waals surface area contributed by atoms with Crippen molar-refractivity contribution in [2.24, 2.45) is 12.0 Å². The Morgan fingerprint density at radius 1 is 1.37 bits per heavy atom. The fourth-order valence-corrected chi connectivity index (χ4v) is 5.32. The van der Waals surface area contributed by atoms with Crippen molar-refractivity contribution in [2.75, 3.05) is 26.7 Å². The zero-order valence-corrected chi connectivity index (χ0v) is 18.2. The summed E-state index contributed by atoms with van der Waals surface area (Å²) in [6.45, 7) is 7.82. The van der Waals surface area contributed by atoms with Gasteiger partial charge in [0.25, 0.3) is 0 Å². The highest BCUT2D eigenvalue weighted by atomic mass is 32.2. The van der Waals surface area contributed by atoms with E-state index in [1.807, 2.05) is 52.0 Å². The van der Waals surface area contributed by atoms with E-state index in [0.717, 1.165) is 22.3 Å². The van der Waals surface area contributed by atoms with Gasteiger partial charge >= 0.3 is 0 Å². The molecule has 0 aliphatic carbocycles. The van der Waals surface area contributed by atoms with Crippen LogP contribution in [0, 0.1) is 13.8 Å². The Morgan fingerprint density at radius 2 is 2.11 bits per heavy atom. The van der Waals surface area contributed by atoms with Crippen molar-refractivity contribution in [1.29, 1.82) is 0 Å². The van der Waals surface area contributed by atoms with Crippen LogP contribution in [0.25, 0.3) is 0 Å². The summed E-state index contributed by atoms with van der Waals surface area (Å²) in [5.41, 5.74) is 1.17. The number of aliphatic imine (C=N–C) groups is 1. The van der Waals surface area contributed by atoms with Gasteiger partial charge in [0.05, 0.1) is 18.0 Å². The summed E-state index contributed by atoms with van der Waals surface area (Å²) in [4.78, 5) is 8.73. The molecule has 9 heteroatoms. The van der Waals surface area contributed by atoms with Gasteiger partial charge in [0.1, 0.15) is 0 Å². The molecule has 2 N–H and O–H groups in total. The normalized spacial score (nSPS) is 12.4. The number of aryl methyl sites for hydroxylation is 3. The third-order valence-electron chi connectivity index (χ3n) is 4.10. The number of nitrogens with one attached hydrogen (secondary N) is 2. The smallest absolute Gasteiger partial charge is 0.241 e. The molecule has 0 bridgehead atoms. The van der Waals surface area contributed by atoms with Crippen molar-refractivity contribution in [3.05, 3.63) is 39.8 Å². The molecule has 150 valence electrons. The molecule has 0 saturated carbocycles. The molecular weight excluding hydrogens is 382 g/mol. The van der Waals surface area contributed by atoms with Gasteiger partial charge < -0.3 is 14.8 Å². The second-order valence-corrected chi connectivity index (χ2v) is 9.57. The Hall–Kier alpha value is -1.84. The molecule has 27 heavy (non-hydrogen) atoms. The molecule has 2 aromatic heterocycles. The van der Waals surface area contributed by atoms with Crippen LogP contribution in [0.2, 0.25) is 0 Å². The predicted octanol–water partition coefficient (Wildman–Crippen LogP) is 2.08. The predicted molar refractivity (Wildman–Crippen MR) is 112 cm³/mol. The first-order chi connectivity index (χ1) is 12.7. The van der Waals surface area contributed by atoms with Crippen LogP contribution in [0.15, 0.2) is 34.3 Å². The molecule has 0 aliphatic rings. The van der Waals surface area contributed by atoms with Gasteiger partial charge in [-0.25, -0.2) is 13.1 Å². The van der Waals surface area contributed by atoms with Crippen molar-refractivity contribution in [2.45, 2.75) is 32.2 Å². The summed E-state index contributed by atoms with van der Waals surface area (Å²) >= 11 is 1.49. The molecule has 0 atom stereocenters. The third kappa shape index (κ3) is 5.82. The number of hydrogen-bond donors (Lipinski definition) is 2. The summed E-state index contributed by atoms with van der Waals surface area (Å²) < 4.78 is 29.6. The number of guanidine groups is 1. The van der Waals surface area contributed by atoms with E-state index < -0.39 is 10.0 Å². The second kappa shape index (κ2) is 9.38. The zero-order valence-electron chi connectivity index (χ0n) is 16.6. The van der Waals surface area contributed by atoms with Gasteiger partial charge in [-0.3, -0.25) is 4.99 Å². The van der Waals surface area contributed by atoms with Gasteiger partial charge in [0.2, 0.25) is 10.0 Å². The van der Waals surface area contributed by atoms with Gasteiger partial charge in [-0.1, -0.05) is 0 Å². The topological polar surface area (TPSA) is 78.7 Å². The van der Waals surface area contributed by atoms with Gasteiger partial charge in [-0.05, 0) is 39.0 Å². The minimum absolute atomic E-state index is 0.254. The summed E-state index contributed by atoms with van der Waals surface area (Å²) in [6.07, 6.45) is 2.01. The Kier molecular flexibility index (Phi) is 7.46. The maximum absolute atomic E-state index is 12.4. The van der Waals surface area contributed by atoms with Crippen molar-refractivity contribution >= 4 is 27.3 Å². The molecule has 0 fully saturated rings. The van der Waals surface area contributed by atoms with Crippen LogP contribution < -0.4 is 10.0 Å². The van der Waals surface area contributed by atoms with Crippen LogP contribution in [0.5, 0.6) is 0 Å². The van der Waals surface area contributed by atoms with Gasteiger partial charge in [-0.15, -0.1) is 11.3 Å². The first-order valence-corrected chi connectivity index (χ1v) is 11.2. The number of sulfonamides is 1. The maximum Gasteiger partial charge on any atom is 0.241 e. The van der Waals surface area contributed by atoms with E-state index in [4.69, 9.17) is 0 Å². The molecule has 0 aliphatic heterocycles. The van der Waals surface area contributed by atoms with Crippen LogP contribution in [-0.4, -0.2) is 50.5 Å². The van der Waals surface area contributed by atoms with Crippen molar-refractivity contribution in [1.82, 2.24) is 19.5 Å². The minimum Gasteiger partial charge on any atom is -0.357 e. The number of hydrogen-bond acceptors (Lipinski definition) is 4. The molecule has 2 aromatic rings. The average molecular weight is 412 g/mol. The average Bonchev–Trinajstić information content (AvgIpc) is 3.15. The lowest BCUT2D eigenvalue weighted by Gasteiger charge is -2.22. The maximum atomic E-state index is 12.4. The quantitative estimate of drug-likeness (QED) is 0.396. The number of rotatable bonds is 8. The molecule has 0 amide bonds. The lowest BCUT2D eigenvalue weighted by molar-refractivity contribution is 0.462. The molecule has 2 rings (SSSR count). The third-order valence-corrected chi connectivity index (χ3v) is 6.78. The Morgan fingerprint density at radius 3 is 2.67 bits per heavy atom. The van der Waals surface area contributed by atoms with E-state index in [2.05, 4.69) is 25.7 Å². The van der Waals surface area contributed by atoms with E-state index in [0.29, 0.717) is 18.0 Å². The molecule has 7 nitrogen and oxygen atoms in total. The summed E-state index contributed by atoms with van der Waals surface area (Å²) in [5, 5.41) is 3.25. The molecule has 0 saturated heterocycles. The van der Waals surface area contributed by atoms with Crippen molar-refractivity contribution in [3.63, 3.8) is 0 Å². The molecule has 2 heterocycles. The van der Waals surface area contributed by atoms with Gasteiger partial charge in [-0.2, -0.15) is 0 Å². The van der Waals surface area contributed by atoms with Crippen LogP contribution in [0.4, 0.5) is 0 Å². The monoisotopic (exact) mass is 411 g/mol. The SMILES string of the molecule is CCNC(=NCCNS(=O)(=O)c1cc(C)sc1C)N(C)Cc1cccn1C. The Bertz CT molecular complexity index is 883. The number of thiophene rings is 1. The Labute approximate surface area is 166 Å². The summed E-state index contributed by atoms with van der Waals surface area (Å²) in [6, 6.07) is 5.79. The van der Waals surface area contributed by atoms with E-state index in [-0.39, 0.29) is 6.54 Å². The van der Waals surface area contributed by atoms with E-state index in [1.54, 1.807) is 6.07 Å². The van der Waals surface area contributed by atoms with Crippen LogP contribution in [0.1, 0.15) is 22.4 Å². The van der Waals surface area contributed by atoms with E-state index in [9.17, 15) is 8.42 Å². The lowest BCUT2D eigenvalue weighted by Crippen LogP contribution is -2.39. The van der Waals surface area contributed by atoms with Crippen LogP contribution >= 0.6 is 11.3 Å². The van der Waals surface area contributed by atoms with Gasteiger partial charge in [0, 0.05) is 48.8 Å². The Balaban J connectivity index is 1.96. The standard InChI is InChI=1S/C18H29N5O2S2/c1-6-19-18(23(5)13-16-8-7-11-22(16)4)20-9-10-21-27(24,25)17-12-14(2)26-15(17)3/h7-8,11-12,21H,6,9-10,13H2,1-5H3,(H,19,20). The summed E-state index contributed by atoms with van der Waals surface area (Å²) in [5.74, 6) is 0.750. The molecule has 0 spiro atoms. The highest BCUT2D eigenvalue weighted by Gasteiger charge is 2.18. The highest BCUT2D eigenvalue weighted by Crippen LogP contribution is 2.24. The molecule has 0 radical (unpaired) electrons. The fourth-order valence-electron chi connectivity index (χ4n) is 2.74. The fraction of sp³-hybridized carbons (Fsp3) is 0.500. The van der Waals surface area contributed by atoms with E-state index in [1.165, 1.54) is 17.0 Å². The van der Waals surface area contributed by atoms with Crippen molar-refractivity contribution < 1.29 is 8.42 Å². The zero-order chi connectivity index (χ0) is 20.0. The molecule has 0 unspecified atom stereocenters. The van der Waals surface area contributed by atoms with Crippen LogP contribution in [0.3, 0.4) is 0 Å². The van der Waals surface area contributed by atoms with Gasteiger partial charge in [0.15, 0.2) is 5.96 Å². The van der Waals surface area contributed by atoms with Crippen LogP contribution in [-0.2, 0) is 23.6 Å². The lowest BCUT2D eigenvalue weighted by atomic mass is 10.4. The molecular formula is C18H29N5O2S2. The second-order valence-electron chi connectivity index (χ2n) is 6.38. The highest BCUT2D eigenvalue weighted by molar-refractivity contribution is 7.89. The summed E-state index contributed by atoms with van der Waals surface area (Å²) in [7, 11) is 0.485.